The van der Waals surface area contributed by atoms with Gasteiger partial charge < -0.3 is 14.8 Å². The third-order valence-electron chi connectivity index (χ3n) is 3.53. The Hall–Kier alpha value is -0.720. The lowest BCUT2D eigenvalue weighted by Crippen LogP contribution is -2.33. The highest BCUT2D eigenvalue weighted by Crippen LogP contribution is 2.25. The Balaban J connectivity index is 1.98. The standard InChI is InChI=1S/C14H18BrF2NO2/c1-9(10-4-5-19-8-10)18-7-11-6-12(15)2-3-13(11)20-14(16)17/h2-3,6,9-10,14,18H,4-5,7-8H2,1H3. The number of halogens is 3. The molecule has 1 N–H and O–H groups in total. The van der Waals surface area contributed by atoms with E-state index in [9.17, 15) is 8.78 Å². The first-order valence-electron chi connectivity index (χ1n) is 6.60. The van der Waals surface area contributed by atoms with Crippen molar-refractivity contribution in [3.05, 3.63) is 28.2 Å². The Morgan fingerprint density at radius 1 is 1.50 bits per heavy atom. The number of alkyl halides is 2. The molecule has 0 bridgehead atoms. The minimum atomic E-state index is -2.81. The van der Waals surface area contributed by atoms with Gasteiger partial charge in [-0.1, -0.05) is 15.9 Å². The fourth-order valence-corrected chi connectivity index (χ4v) is 2.69. The molecule has 0 amide bonds. The molecule has 6 heteroatoms. The van der Waals surface area contributed by atoms with Gasteiger partial charge in [-0.2, -0.15) is 8.78 Å². The lowest BCUT2D eigenvalue weighted by molar-refractivity contribution is -0.0505. The summed E-state index contributed by atoms with van der Waals surface area (Å²) in [6, 6.07) is 5.31. The summed E-state index contributed by atoms with van der Waals surface area (Å²) in [5, 5.41) is 3.36. The normalized spacial score (nSPS) is 20.4. The van der Waals surface area contributed by atoms with E-state index in [1.54, 1.807) is 18.2 Å². The van der Waals surface area contributed by atoms with Crippen molar-refractivity contribution in [3.63, 3.8) is 0 Å². The van der Waals surface area contributed by atoms with Crippen molar-refractivity contribution < 1.29 is 18.3 Å². The van der Waals surface area contributed by atoms with Crippen LogP contribution in [0.25, 0.3) is 0 Å². The van der Waals surface area contributed by atoms with Gasteiger partial charge in [-0.25, -0.2) is 0 Å². The third-order valence-corrected chi connectivity index (χ3v) is 4.02. The van der Waals surface area contributed by atoms with E-state index in [0.29, 0.717) is 18.0 Å². The Morgan fingerprint density at radius 2 is 2.30 bits per heavy atom. The van der Waals surface area contributed by atoms with Crippen LogP contribution in [-0.4, -0.2) is 25.9 Å². The van der Waals surface area contributed by atoms with Crippen molar-refractivity contribution in [2.45, 2.75) is 32.5 Å². The fraction of sp³-hybridized carbons (Fsp3) is 0.571. The molecule has 1 heterocycles. The molecular formula is C14H18BrF2NO2. The maximum absolute atomic E-state index is 12.4. The highest BCUT2D eigenvalue weighted by atomic mass is 79.9. The highest BCUT2D eigenvalue weighted by Gasteiger charge is 2.22. The van der Waals surface area contributed by atoms with E-state index in [-0.39, 0.29) is 11.8 Å². The minimum absolute atomic E-state index is 0.213. The van der Waals surface area contributed by atoms with Crippen LogP contribution in [0.4, 0.5) is 8.78 Å². The zero-order valence-corrected chi connectivity index (χ0v) is 12.8. The second-order valence-electron chi connectivity index (χ2n) is 4.92. The van der Waals surface area contributed by atoms with Crippen molar-refractivity contribution in [2.75, 3.05) is 13.2 Å². The quantitative estimate of drug-likeness (QED) is 0.851. The van der Waals surface area contributed by atoms with Crippen molar-refractivity contribution in [1.29, 1.82) is 0 Å². The topological polar surface area (TPSA) is 30.5 Å². The van der Waals surface area contributed by atoms with Crippen molar-refractivity contribution >= 4 is 15.9 Å². The van der Waals surface area contributed by atoms with Gasteiger partial charge in [0.15, 0.2) is 0 Å². The molecule has 0 saturated carbocycles. The summed E-state index contributed by atoms with van der Waals surface area (Å²) in [5.41, 5.74) is 0.713. The van der Waals surface area contributed by atoms with E-state index in [0.717, 1.165) is 24.1 Å². The van der Waals surface area contributed by atoms with Gasteiger partial charge in [0.05, 0.1) is 6.61 Å². The first-order chi connectivity index (χ1) is 9.56. The van der Waals surface area contributed by atoms with Crippen LogP contribution in [0.2, 0.25) is 0 Å². The Morgan fingerprint density at radius 3 is 2.95 bits per heavy atom. The number of rotatable bonds is 6. The molecule has 0 aromatic heterocycles. The van der Waals surface area contributed by atoms with Crippen LogP contribution in [-0.2, 0) is 11.3 Å². The second kappa shape index (κ2) is 7.33. The average Bonchev–Trinajstić information content (AvgIpc) is 2.92. The molecule has 2 rings (SSSR count). The number of hydrogen-bond acceptors (Lipinski definition) is 3. The zero-order chi connectivity index (χ0) is 14.5. The van der Waals surface area contributed by atoms with Crippen LogP contribution in [0.1, 0.15) is 18.9 Å². The molecule has 1 aromatic rings. The second-order valence-corrected chi connectivity index (χ2v) is 5.84. The molecule has 112 valence electrons. The van der Waals surface area contributed by atoms with E-state index in [1.165, 1.54) is 0 Å². The number of ether oxygens (including phenoxy) is 2. The molecule has 0 aliphatic carbocycles. The maximum Gasteiger partial charge on any atom is 0.387 e. The van der Waals surface area contributed by atoms with Crippen LogP contribution in [0, 0.1) is 5.92 Å². The number of nitrogens with one attached hydrogen (secondary N) is 1. The first kappa shape index (κ1) is 15.7. The first-order valence-corrected chi connectivity index (χ1v) is 7.40. The number of hydrogen-bond donors (Lipinski definition) is 1. The summed E-state index contributed by atoms with van der Waals surface area (Å²) >= 11 is 3.35. The Labute approximate surface area is 125 Å². The van der Waals surface area contributed by atoms with Crippen molar-refractivity contribution in [2.24, 2.45) is 5.92 Å². The molecule has 0 radical (unpaired) electrons. The summed E-state index contributed by atoms with van der Waals surface area (Å²) in [7, 11) is 0. The number of benzene rings is 1. The molecule has 20 heavy (non-hydrogen) atoms. The Kier molecular flexibility index (Phi) is 5.74. The summed E-state index contributed by atoms with van der Waals surface area (Å²) < 4.78 is 35.5. The molecule has 2 atom stereocenters. The molecule has 1 fully saturated rings. The van der Waals surface area contributed by atoms with E-state index < -0.39 is 6.61 Å². The molecule has 2 unspecified atom stereocenters. The Bertz CT molecular complexity index is 439. The fourth-order valence-electron chi connectivity index (χ4n) is 2.28. The van der Waals surface area contributed by atoms with Gasteiger partial charge in [-0.05, 0) is 37.5 Å². The summed E-state index contributed by atoms with van der Waals surface area (Å²) in [5.74, 6) is 0.687. The maximum atomic E-state index is 12.4. The van der Waals surface area contributed by atoms with Crippen molar-refractivity contribution in [3.8, 4) is 5.75 Å². The van der Waals surface area contributed by atoms with E-state index in [4.69, 9.17) is 4.74 Å². The minimum Gasteiger partial charge on any atom is -0.434 e. The average molecular weight is 350 g/mol. The molecule has 3 nitrogen and oxygen atoms in total. The van der Waals surface area contributed by atoms with Gasteiger partial charge in [-0.3, -0.25) is 0 Å². The van der Waals surface area contributed by atoms with Crippen LogP contribution in [0.15, 0.2) is 22.7 Å². The van der Waals surface area contributed by atoms with Gasteiger partial charge in [0.1, 0.15) is 5.75 Å². The smallest absolute Gasteiger partial charge is 0.387 e. The summed E-state index contributed by atoms with van der Waals surface area (Å²) in [6.45, 7) is 1.32. The molecular weight excluding hydrogens is 332 g/mol. The monoisotopic (exact) mass is 349 g/mol. The van der Waals surface area contributed by atoms with E-state index in [1.807, 2.05) is 0 Å². The molecule has 1 aliphatic heterocycles. The van der Waals surface area contributed by atoms with Crippen molar-refractivity contribution in [1.82, 2.24) is 5.32 Å². The van der Waals surface area contributed by atoms with Crippen LogP contribution in [0.5, 0.6) is 5.75 Å². The van der Waals surface area contributed by atoms with Gasteiger partial charge in [-0.15, -0.1) is 0 Å². The molecule has 1 aromatic carbocycles. The highest BCUT2D eigenvalue weighted by molar-refractivity contribution is 9.10. The molecule has 1 saturated heterocycles. The van der Waals surface area contributed by atoms with Crippen LogP contribution >= 0.6 is 15.9 Å². The lowest BCUT2D eigenvalue weighted by atomic mass is 10.0. The largest absolute Gasteiger partial charge is 0.434 e. The van der Waals surface area contributed by atoms with Gasteiger partial charge in [0, 0.05) is 29.2 Å². The zero-order valence-electron chi connectivity index (χ0n) is 11.2. The van der Waals surface area contributed by atoms with Crippen LogP contribution < -0.4 is 10.1 Å². The molecule has 0 spiro atoms. The van der Waals surface area contributed by atoms with Gasteiger partial charge >= 0.3 is 6.61 Å². The molecule has 1 aliphatic rings. The predicted molar refractivity (Wildman–Crippen MR) is 76.0 cm³/mol. The third kappa shape index (κ3) is 4.40. The van der Waals surface area contributed by atoms with Gasteiger partial charge in [0.25, 0.3) is 0 Å². The van der Waals surface area contributed by atoms with E-state index in [2.05, 4.69) is 32.9 Å². The SMILES string of the molecule is CC(NCc1cc(Br)ccc1OC(F)F)C1CCOC1. The predicted octanol–water partition coefficient (Wildman–Crippen LogP) is 3.57. The van der Waals surface area contributed by atoms with Gasteiger partial charge in [0.2, 0.25) is 0 Å². The van der Waals surface area contributed by atoms with E-state index >= 15 is 0 Å². The summed E-state index contributed by atoms with van der Waals surface area (Å²) in [4.78, 5) is 0. The lowest BCUT2D eigenvalue weighted by Gasteiger charge is -2.20. The van der Waals surface area contributed by atoms with Crippen LogP contribution in [0.3, 0.4) is 0 Å². The summed E-state index contributed by atoms with van der Waals surface area (Å²) in [6.07, 6.45) is 1.03.